The van der Waals surface area contributed by atoms with E-state index in [4.69, 9.17) is 0 Å². The molecule has 2 bridgehead atoms. The van der Waals surface area contributed by atoms with Crippen LogP contribution in [0.5, 0.6) is 0 Å². The smallest absolute Gasteiger partial charge is 0.274 e. The highest BCUT2D eigenvalue weighted by molar-refractivity contribution is 6.25. The van der Waals surface area contributed by atoms with Crippen molar-refractivity contribution in [3.8, 4) is 0 Å². The summed E-state index contributed by atoms with van der Waals surface area (Å²) in [7, 11) is 0. The number of imide groups is 1. The molecule has 3 amide bonds. The summed E-state index contributed by atoms with van der Waals surface area (Å²) < 4.78 is 0. The second kappa shape index (κ2) is 9.78. The van der Waals surface area contributed by atoms with Gasteiger partial charge in [-0.1, -0.05) is 97.1 Å². The van der Waals surface area contributed by atoms with Crippen LogP contribution in [0.2, 0.25) is 0 Å². The van der Waals surface area contributed by atoms with E-state index < -0.39 is 45.8 Å². The molecule has 1 aliphatic heterocycles. The van der Waals surface area contributed by atoms with Gasteiger partial charge >= 0.3 is 0 Å². The molecular formula is C36H24N4O5. The van der Waals surface area contributed by atoms with Crippen LogP contribution >= 0.6 is 0 Å². The van der Waals surface area contributed by atoms with E-state index in [-0.39, 0.29) is 11.4 Å². The summed E-state index contributed by atoms with van der Waals surface area (Å²) in [5, 5.41) is 18.1. The van der Waals surface area contributed by atoms with Crippen LogP contribution in [-0.4, -0.2) is 28.9 Å². The van der Waals surface area contributed by atoms with Crippen molar-refractivity contribution in [2.24, 2.45) is 16.9 Å². The SMILES string of the molecule is O=C(N/N=C\C12c3ccccc3C(c3ccccc31)[C@H]1C(=O)N(c3ccccc3[N+](=O)[O-])C(=O)[C@@H]12)c1cccc2ccccc12. The Hall–Kier alpha value is -5.96. The number of fused-ring (bicyclic) bond motifs is 1. The minimum atomic E-state index is -1.23. The van der Waals surface area contributed by atoms with Gasteiger partial charge in [0.15, 0.2) is 0 Å². The lowest BCUT2D eigenvalue weighted by Gasteiger charge is -2.52. The van der Waals surface area contributed by atoms with Gasteiger partial charge in [-0.25, -0.2) is 10.3 Å². The van der Waals surface area contributed by atoms with Crippen LogP contribution in [0, 0.1) is 22.0 Å². The van der Waals surface area contributed by atoms with E-state index in [2.05, 4.69) is 10.5 Å². The van der Waals surface area contributed by atoms with E-state index in [0.29, 0.717) is 5.56 Å². The molecule has 1 heterocycles. The minimum Gasteiger partial charge on any atom is -0.274 e. The average Bonchev–Trinajstić information content (AvgIpc) is 3.34. The van der Waals surface area contributed by atoms with E-state index >= 15 is 0 Å². The first-order valence-corrected chi connectivity index (χ1v) is 14.6. The molecular weight excluding hydrogens is 568 g/mol. The fourth-order valence-electron chi connectivity index (χ4n) is 7.77. The van der Waals surface area contributed by atoms with E-state index in [1.807, 2.05) is 78.9 Å². The molecule has 0 saturated carbocycles. The molecule has 1 fully saturated rings. The first-order chi connectivity index (χ1) is 21.9. The van der Waals surface area contributed by atoms with Gasteiger partial charge in [0.05, 0.1) is 22.2 Å². The van der Waals surface area contributed by atoms with Crippen molar-refractivity contribution in [2.45, 2.75) is 11.3 Å². The van der Waals surface area contributed by atoms with Gasteiger partial charge in [0.2, 0.25) is 11.8 Å². The molecule has 4 aliphatic rings. The fraction of sp³-hybridized carbons (Fsp3) is 0.111. The summed E-state index contributed by atoms with van der Waals surface area (Å²) in [6, 6.07) is 34.1. The third-order valence-electron chi connectivity index (χ3n) is 9.47. The standard InChI is InChI=1S/C36H24N4O5/c41-33(23-15-9-11-21-10-1-2-12-22(21)23)38-37-20-36-26-16-5-3-13-24(26)30(25-14-4-6-17-27(25)36)31-32(36)35(43)39(34(31)42)28-18-7-8-19-29(28)40(44)45/h1-20,30-32H,(H,38,41)/b37-20-/t30?,31-,32-,36?/m1/s1. The third-order valence-corrected chi connectivity index (χ3v) is 9.47. The molecule has 0 aromatic heterocycles. The fourth-order valence-corrected chi connectivity index (χ4v) is 7.77. The summed E-state index contributed by atoms with van der Waals surface area (Å²) in [5.74, 6) is -3.67. The van der Waals surface area contributed by atoms with Crippen LogP contribution in [0.3, 0.4) is 0 Å². The summed E-state index contributed by atoms with van der Waals surface area (Å²) in [6.07, 6.45) is 1.58. The second-order valence-electron chi connectivity index (χ2n) is 11.5. The second-order valence-corrected chi connectivity index (χ2v) is 11.5. The Kier molecular flexibility index (Phi) is 5.79. The number of nitrogens with one attached hydrogen (secondary N) is 1. The largest absolute Gasteiger partial charge is 0.293 e. The molecule has 5 aromatic carbocycles. The van der Waals surface area contributed by atoms with Gasteiger partial charge in [-0.15, -0.1) is 0 Å². The third kappa shape index (κ3) is 3.61. The van der Waals surface area contributed by atoms with E-state index in [0.717, 1.165) is 37.9 Å². The molecule has 9 rings (SSSR count). The summed E-state index contributed by atoms with van der Waals surface area (Å²) in [4.78, 5) is 54.7. The number of para-hydroxylation sites is 2. The minimum absolute atomic E-state index is 0.0595. The first-order valence-electron chi connectivity index (χ1n) is 14.6. The van der Waals surface area contributed by atoms with Crippen molar-refractivity contribution >= 4 is 46.1 Å². The molecule has 9 nitrogen and oxygen atoms in total. The zero-order chi connectivity index (χ0) is 30.9. The zero-order valence-corrected chi connectivity index (χ0v) is 23.7. The number of hydrogen-bond acceptors (Lipinski definition) is 6. The Morgan fingerprint density at radius 1 is 0.800 bits per heavy atom. The van der Waals surface area contributed by atoms with Crippen molar-refractivity contribution in [1.29, 1.82) is 0 Å². The number of nitrogens with zero attached hydrogens (tertiary/aromatic N) is 3. The molecule has 0 radical (unpaired) electrons. The van der Waals surface area contributed by atoms with Crippen LogP contribution in [0.25, 0.3) is 10.8 Å². The van der Waals surface area contributed by atoms with Gasteiger partial charge in [-0.2, -0.15) is 5.10 Å². The first kappa shape index (κ1) is 26.7. The molecule has 0 unspecified atom stereocenters. The highest BCUT2D eigenvalue weighted by Crippen LogP contribution is 2.63. The number of nitro benzene ring substituents is 1. The number of nitro groups is 1. The van der Waals surface area contributed by atoms with E-state index in [1.165, 1.54) is 18.2 Å². The molecule has 218 valence electrons. The van der Waals surface area contributed by atoms with Crippen molar-refractivity contribution in [3.63, 3.8) is 0 Å². The van der Waals surface area contributed by atoms with Gasteiger partial charge in [-0.3, -0.25) is 24.5 Å². The van der Waals surface area contributed by atoms with Crippen LogP contribution in [0.1, 0.15) is 38.5 Å². The maximum absolute atomic E-state index is 14.5. The topological polar surface area (TPSA) is 122 Å². The van der Waals surface area contributed by atoms with E-state index in [1.54, 1.807) is 24.4 Å². The lowest BCUT2D eigenvalue weighted by atomic mass is 9.47. The van der Waals surface area contributed by atoms with Crippen molar-refractivity contribution < 1.29 is 19.3 Å². The quantitative estimate of drug-likeness (QED) is 0.121. The van der Waals surface area contributed by atoms with Crippen LogP contribution < -0.4 is 10.3 Å². The average molecular weight is 593 g/mol. The van der Waals surface area contributed by atoms with Crippen LogP contribution in [-0.2, 0) is 15.0 Å². The van der Waals surface area contributed by atoms with Crippen LogP contribution in [0.15, 0.2) is 120 Å². The Labute approximate surface area is 256 Å². The highest BCUT2D eigenvalue weighted by atomic mass is 16.6. The van der Waals surface area contributed by atoms with Crippen LogP contribution in [0.4, 0.5) is 11.4 Å². The maximum Gasteiger partial charge on any atom is 0.293 e. The van der Waals surface area contributed by atoms with Crippen molar-refractivity contribution in [1.82, 2.24) is 5.43 Å². The number of hydrazone groups is 1. The zero-order valence-electron chi connectivity index (χ0n) is 23.7. The van der Waals surface area contributed by atoms with Gasteiger partial charge < -0.3 is 0 Å². The molecule has 1 N–H and O–H groups in total. The predicted octanol–water partition coefficient (Wildman–Crippen LogP) is 5.71. The van der Waals surface area contributed by atoms with Gasteiger partial charge in [0, 0.05) is 23.8 Å². The maximum atomic E-state index is 14.5. The van der Waals surface area contributed by atoms with Crippen molar-refractivity contribution in [3.05, 3.63) is 153 Å². The Bertz CT molecular complexity index is 2090. The monoisotopic (exact) mass is 592 g/mol. The lowest BCUT2D eigenvalue weighted by molar-refractivity contribution is -0.384. The van der Waals surface area contributed by atoms with Gasteiger partial charge in [0.25, 0.3) is 11.6 Å². The number of anilines is 1. The van der Waals surface area contributed by atoms with Gasteiger partial charge in [0.1, 0.15) is 5.69 Å². The normalized spacial score (nSPS) is 22.8. The Morgan fingerprint density at radius 2 is 1.42 bits per heavy atom. The molecule has 1 saturated heterocycles. The molecule has 45 heavy (non-hydrogen) atoms. The van der Waals surface area contributed by atoms with E-state index in [9.17, 15) is 24.5 Å². The number of carbonyl (C=O) groups excluding carboxylic acids is 3. The molecule has 0 spiro atoms. The Balaban J connectivity index is 1.29. The molecule has 9 heteroatoms. The molecule has 2 atom stereocenters. The Morgan fingerprint density at radius 3 is 2.16 bits per heavy atom. The number of amides is 3. The number of benzene rings is 5. The molecule has 5 aromatic rings. The summed E-state index contributed by atoms with van der Waals surface area (Å²) in [5.41, 5.74) is 4.89. The highest BCUT2D eigenvalue weighted by Gasteiger charge is 2.68. The van der Waals surface area contributed by atoms with Gasteiger partial charge in [-0.05, 0) is 45.2 Å². The number of hydrogen-bond donors (Lipinski definition) is 1. The summed E-state index contributed by atoms with van der Waals surface area (Å²) in [6.45, 7) is 0. The van der Waals surface area contributed by atoms with Crippen molar-refractivity contribution in [2.75, 3.05) is 4.90 Å². The predicted molar refractivity (Wildman–Crippen MR) is 168 cm³/mol. The summed E-state index contributed by atoms with van der Waals surface area (Å²) >= 11 is 0. The lowest BCUT2D eigenvalue weighted by Crippen LogP contribution is -2.54. The number of carbonyl (C=O) groups is 3. The number of rotatable bonds is 5. The molecule has 3 aliphatic carbocycles.